The predicted octanol–water partition coefficient (Wildman–Crippen LogP) is 1.33. The quantitative estimate of drug-likeness (QED) is 0.506. The zero-order valence-corrected chi connectivity index (χ0v) is 7.38. The first-order valence-electron chi connectivity index (χ1n) is 3.80. The highest BCUT2D eigenvalue weighted by Gasteiger charge is 2.28. The Labute approximate surface area is 79.1 Å². The number of aromatic nitrogens is 1. The highest BCUT2D eigenvalue weighted by Crippen LogP contribution is 2.15. The van der Waals surface area contributed by atoms with E-state index in [0.29, 0.717) is 13.1 Å². The monoisotopic (exact) mass is 200 g/mol. The van der Waals surface area contributed by atoms with Crippen molar-refractivity contribution in [1.82, 2.24) is 9.88 Å². The molecule has 68 valence electrons. The number of rotatable bonds is 1. The van der Waals surface area contributed by atoms with Crippen LogP contribution in [-0.4, -0.2) is 28.9 Å². The van der Waals surface area contributed by atoms with E-state index < -0.39 is 5.82 Å². The lowest BCUT2D eigenvalue weighted by atomic mass is 10.3. The molecule has 13 heavy (non-hydrogen) atoms. The molecule has 1 fully saturated rings. The second-order valence-corrected chi connectivity index (χ2v) is 3.14. The van der Waals surface area contributed by atoms with Crippen molar-refractivity contribution in [3.8, 4) is 0 Å². The first-order valence-corrected chi connectivity index (χ1v) is 4.17. The second-order valence-electron chi connectivity index (χ2n) is 2.76. The summed E-state index contributed by atoms with van der Waals surface area (Å²) in [5.41, 5.74) is -0.190. The summed E-state index contributed by atoms with van der Waals surface area (Å²) in [5.74, 6) is -1.01. The molecule has 0 unspecified atom stereocenters. The van der Waals surface area contributed by atoms with E-state index in [1.807, 2.05) is 0 Å². The Morgan fingerprint density at radius 1 is 1.54 bits per heavy atom. The molecule has 1 amide bonds. The minimum atomic E-state index is -0.624. The SMILES string of the molecule is O=C(c1nc(Cl)ccc1F)N1CC1. The van der Waals surface area contributed by atoms with E-state index in [1.165, 1.54) is 11.0 Å². The van der Waals surface area contributed by atoms with Gasteiger partial charge in [-0.2, -0.15) is 0 Å². The highest BCUT2D eigenvalue weighted by atomic mass is 35.5. The van der Waals surface area contributed by atoms with Crippen LogP contribution >= 0.6 is 11.6 Å². The van der Waals surface area contributed by atoms with Crippen LogP contribution in [0.4, 0.5) is 4.39 Å². The normalized spacial score (nSPS) is 14.5. The van der Waals surface area contributed by atoms with E-state index in [4.69, 9.17) is 11.6 Å². The minimum Gasteiger partial charge on any atom is -0.334 e. The van der Waals surface area contributed by atoms with Crippen LogP contribution < -0.4 is 0 Å². The summed E-state index contributed by atoms with van der Waals surface area (Å²) in [6, 6.07) is 2.46. The van der Waals surface area contributed by atoms with Gasteiger partial charge in [-0.15, -0.1) is 0 Å². The summed E-state index contributed by atoms with van der Waals surface area (Å²) in [5, 5.41) is 0.131. The maximum atomic E-state index is 13.0. The van der Waals surface area contributed by atoms with Gasteiger partial charge >= 0.3 is 0 Å². The van der Waals surface area contributed by atoms with Gasteiger partial charge in [0.1, 0.15) is 5.15 Å². The lowest BCUT2D eigenvalue weighted by molar-refractivity contribution is 0.0875. The van der Waals surface area contributed by atoms with Crippen LogP contribution in [0.3, 0.4) is 0 Å². The van der Waals surface area contributed by atoms with E-state index in [1.54, 1.807) is 0 Å². The molecule has 0 saturated carbocycles. The predicted molar refractivity (Wildman–Crippen MR) is 45.1 cm³/mol. The van der Waals surface area contributed by atoms with E-state index in [9.17, 15) is 9.18 Å². The number of pyridine rings is 1. The van der Waals surface area contributed by atoms with Gasteiger partial charge in [0.2, 0.25) is 0 Å². The molecule has 1 saturated heterocycles. The van der Waals surface area contributed by atoms with Crippen molar-refractivity contribution in [2.45, 2.75) is 0 Å². The Balaban J connectivity index is 2.37. The Morgan fingerprint density at radius 3 is 2.85 bits per heavy atom. The van der Waals surface area contributed by atoms with E-state index >= 15 is 0 Å². The Hall–Kier alpha value is -1.16. The maximum Gasteiger partial charge on any atom is 0.275 e. The number of carbonyl (C=O) groups excluding carboxylic acids is 1. The van der Waals surface area contributed by atoms with Gasteiger partial charge in [-0.05, 0) is 12.1 Å². The molecule has 0 N–H and O–H groups in total. The molecule has 5 heteroatoms. The molecular weight excluding hydrogens is 195 g/mol. The number of halogens is 2. The van der Waals surface area contributed by atoms with Crippen molar-refractivity contribution in [2.24, 2.45) is 0 Å². The summed E-state index contributed by atoms with van der Waals surface area (Å²) in [6.07, 6.45) is 0. The molecule has 0 radical (unpaired) electrons. The van der Waals surface area contributed by atoms with Crippen LogP contribution in [0.2, 0.25) is 5.15 Å². The molecule has 3 nitrogen and oxygen atoms in total. The van der Waals surface area contributed by atoms with Gasteiger partial charge < -0.3 is 4.90 Å². The summed E-state index contributed by atoms with van der Waals surface area (Å²) in [6.45, 7) is 1.35. The Kier molecular flexibility index (Phi) is 1.92. The topological polar surface area (TPSA) is 33.0 Å². The second kappa shape index (κ2) is 2.96. The van der Waals surface area contributed by atoms with Crippen LogP contribution in [0.25, 0.3) is 0 Å². The lowest BCUT2D eigenvalue weighted by Gasteiger charge is -2.01. The molecular formula is C8H6ClFN2O. The first kappa shape index (κ1) is 8.44. The van der Waals surface area contributed by atoms with Crippen LogP contribution in [0.1, 0.15) is 10.5 Å². The van der Waals surface area contributed by atoms with Crippen LogP contribution in [0.5, 0.6) is 0 Å². The number of amides is 1. The van der Waals surface area contributed by atoms with E-state index in [0.717, 1.165) is 6.07 Å². The molecule has 0 spiro atoms. The molecule has 0 bridgehead atoms. The molecule has 1 aromatic heterocycles. The molecule has 0 aliphatic carbocycles. The third kappa shape index (κ3) is 1.62. The van der Waals surface area contributed by atoms with Crippen LogP contribution in [0, 0.1) is 5.82 Å². The van der Waals surface area contributed by atoms with Crippen molar-refractivity contribution >= 4 is 17.5 Å². The van der Waals surface area contributed by atoms with E-state index in [2.05, 4.69) is 4.98 Å². The zero-order valence-electron chi connectivity index (χ0n) is 6.63. The molecule has 0 aromatic carbocycles. The van der Waals surface area contributed by atoms with Crippen molar-refractivity contribution < 1.29 is 9.18 Å². The fraction of sp³-hybridized carbons (Fsp3) is 0.250. The molecule has 1 aromatic rings. The van der Waals surface area contributed by atoms with Gasteiger partial charge in [-0.1, -0.05) is 11.6 Å². The molecule has 2 heterocycles. The third-order valence-electron chi connectivity index (χ3n) is 1.75. The van der Waals surface area contributed by atoms with Crippen LogP contribution in [0.15, 0.2) is 12.1 Å². The fourth-order valence-electron chi connectivity index (χ4n) is 0.971. The Bertz CT molecular complexity index is 365. The average Bonchev–Trinajstić information content (AvgIpc) is 2.91. The van der Waals surface area contributed by atoms with Gasteiger partial charge in [0.25, 0.3) is 5.91 Å². The lowest BCUT2D eigenvalue weighted by Crippen LogP contribution is -2.14. The largest absolute Gasteiger partial charge is 0.334 e. The van der Waals surface area contributed by atoms with E-state index in [-0.39, 0.29) is 16.8 Å². The Morgan fingerprint density at radius 2 is 2.23 bits per heavy atom. The standard InChI is InChI=1S/C8H6ClFN2O/c9-6-2-1-5(10)7(11-6)8(13)12-3-4-12/h1-2H,3-4H2. The number of carbonyl (C=O) groups is 1. The minimum absolute atomic E-state index is 0.131. The van der Waals surface area contributed by atoms with Crippen molar-refractivity contribution in [3.63, 3.8) is 0 Å². The van der Waals surface area contributed by atoms with Gasteiger partial charge in [-0.25, -0.2) is 9.37 Å². The maximum absolute atomic E-state index is 13.0. The summed E-state index contributed by atoms with van der Waals surface area (Å²) in [7, 11) is 0. The van der Waals surface area contributed by atoms with Crippen LogP contribution in [-0.2, 0) is 0 Å². The summed E-state index contributed by atoms with van der Waals surface area (Å²) < 4.78 is 13.0. The van der Waals surface area contributed by atoms with Gasteiger partial charge in [-0.3, -0.25) is 4.79 Å². The van der Waals surface area contributed by atoms with Gasteiger partial charge in [0.15, 0.2) is 11.5 Å². The molecule has 0 atom stereocenters. The fourth-order valence-corrected chi connectivity index (χ4v) is 1.12. The van der Waals surface area contributed by atoms with Crippen molar-refractivity contribution in [1.29, 1.82) is 0 Å². The smallest absolute Gasteiger partial charge is 0.275 e. The van der Waals surface area contributed by atoms with Gasteiger partial charge in [0.05, 0.1) is 0 Å². The molecule has 2 rings (SSSR count). The molecule has 1 aliphatic rings. The van der Waals surface area contributed by atoms with Gasteiger partial charge in [0, 0.05) is 13.1 Å². The molecule has 1 aliphatic heterocycles. The van der Waals surface area contributed by atoms with Crippen molar-refractivity contribution in [3.05, 3.63) is 28.8 Å². The summed E-state index contributed by atoms with van der Waals surface area (Å²) >= 11 is 5.54. The number of hydrogen-bond donors (Lipinski definition) is 0. The third-order valence-corrected chi connectivity index (χ3v) is 1.96. The zero-order chi connectivity index (χ0) is 9.42. The first-order chi connectivity index (χ1) is 6.18. The summed E-state index contributed by atoms with van der Waals surface area (Å²) in [4.78, 5) is 16.5. The van der Waals surface area contributed by atoms with Crippen molar-refractivity contribution in [2.75, 3.05) is 13.1 Å². The average molecular weight is 201 g/mol. The number of hydrogen-bond acceptors (Lipinski definition) is 2. The highest BCUT2D eigenvalue weighted by molar-refractivity contribution is 6.29. The number of nitrogens with zero attached hydrogens (tertiary/aromatic N) is 2.